The molecule has 4 aliphatic rings. The average Bonchev–Trinajstić information content (AvgIpc) is 2.93. The number of Topliss-reactive ketones (excluding diaryl/α,β-unsaturated/α-hetero) is 1. The van der Waals surface area contributed by atoms with Crippen molar-refractivity contribution in [3.8, 4) is 0 Å². The van der Waals surface area contributed by atoms with Crippen LogP contribution in [0, 0.1) is 28.6 Å². The monoisotopic (exact) mass is 520 g/mol. The van der Waals surface area contributed by atoms with E-state index in [1.807, 2.05) is 0 Å². The summed E-state index contributed by atoms with van der Waals surface area (Å²) in [5.74, 6) is -3.23. The van der Waals surface area contributed by atoms with Gasteiger partial charge in [0.25, 0.3) is 0 Å². The van der Waals surface area contributed by atoms with E-state index in [1.54, 1.807) is 26.8 Å². The average molecular weight is 522 g/mol. The lowest BCUT2D eigenvalue weighted by Gasteiger charge is -2.65. The summed E-state index contributed by atoms with van der Waals surface area (Å²) in [5, 5.41) is 9.91. The van der Waals surface area contributed by atoms with Crippen molar-refractivity contribution >= 4 is 52.3 Å². The Morgan fingerprint density at radius 3 is 2.55 bits per heavy atom. The van der Waals surface area contributed by atoms with E-state index in [9.17, 15) is 19.5 Å². The minimum Gasteiger partial charge on any atom is -0.458 e. The summed E-state index contributed by atoms with van der Waals surface area (Å²) >= 11 is 21.1. The lowest BCUT2D eigenvalue weighted by molar-refractivity contribution is -0.172. The lowest BCUT2D eigenvalue weighted by atomic mass is 9.46. The van der Waals surface area contributed by atoms with Crippen LogP contribution >= 0.6 is 34.8 Å². The number of ether oxygens (including phenoxy) is 1. The van der Waals surface area contributed by atoms with E-state index in [4.69, 9.17) is 39.5 Å². The summed E-state index contributed by atoms with van der Waals surface area (Å²) < 4.78 is 20.7. The fourth-order valence-electron chi connectivity index (χ4n) is 7.29. The quantitative estimate of drug-likeness (QED) is 0.446. The van der Waals surface area contributed by atoms with Gasteiger partial charge in [-0.1, -0.05) is 26.8 Å². The zero-order valence-electron chi connectivity index (χ0n) is 18.9. The molecule has 33 heavy (non-hydrogen) atoms. The van der Waals surface area contributed by atoms with E-state index in [0.29, 0.717) is 6.42 Å². The van der Waals surface area contributed by atoms with Crippen molar-refractivity contribution in [3.63, 3.8) is 0 Å². The number of aliphatic hydroxyl groups is 1. The van der Waals surface area contributed by atoms with E-state index in [0.717, 1.165) is 0 Å². The Hall–Kier alpha value is -0.950. The van der Waals surface area contributed by atoms with Gasteiger partial charge in [-0.2, -0.15) is 0 Å². The highest BCUT2D eigenvalue weighted by Crippen LogP contribution is 2.73. The van der Waals surface area contributed by atoms with Gasteiger partial charge in [0.15, 0.2) is 12.4 Å². The highest BCUT2D eigenvalue weighted by Gasteiger charge is 2.77. The van der Waals surface area contributed by atoms with Crippen LogP contribution in [0.25, 0.3) is 0 Å². The Bertz CT molecular complexity index is 983. The van der Waals surface area contributed by atoms with Gasteiger partial charge in [0, 0.05) is 23.7 Å². The molecule has 4 rings (SSSR count). The van der Waals surface area contributed by atoms with Crippen LogP contribution in [-0.4, -0.2) is 56.7 Å². The molecule has 3 saturated carbocycles. The highest BCUT2D eigenvalue weighted by atomic mass is 35.5. The smallest absolute Gasteiger partial charge is 0.303 e. The zero-order valence-corrected chi connectivity index (χ0v) is 21.2. The second-order valence-electron chi connectivity index (χ2n) is 10.5. The molecule has 10 atom stereocenters. The number of alkyl halides is 4. The van der Waals surface area contributed by atoms with Gasteiger partial charge in [-0.15, -0.1) is 34.8 Å². The third-order valence-electron chi connectivity index (χ3n) is 9.01. The number of rotatable bonds is 3. The molecule has 0 spiro atoms. The number of ketones is 2. The van der Waals surface area contributed by atoms with E-state index < -0.39 is 74.3 Å². The van der Waals surface area contributed by atoms with Crippen molar-refractivity contribution in [1.82, 2.24) is 0 Å². The Kier molecular flexibility index (Phi) is 5.93. The molecular weight excluding hydrogens is 494 g/mol. The Labute approximate surface area is 207 Å². The molecule has 0 aromatic rings. The predicted molar refractivity (Wildman–Crippen MR) is 123 cm³/mol. The van der Waals surface area contributed by atoms with Gasteiger partial charge in [0.1, 0.15) is 11.8 Å². The van der Waals surface area contributed by atoms with Gasteiger partial charge >= 0.3 is 5.97 Å². The third-order valence-corrected chi connectivity index (χ3v) is 11.0. The Morgan fingerprint density at radius 1 is 1.30 bits per heavy atom. The molecule has 0 aliphatic heterocycles. The van der Waals surface area contributed by atoms with Crippen molar-refractivity contribution in [1.29, 1.82) is 0 Å². The van der Waals surface area contributed by atoms with Crippen molar-refractivity contribution in [2.24, 2.45) is 28.6 Å². The second kappa shape index (κ2) is 7.78. The Morgan fingerprint density at radius 2 is 1.94 bits per heavy atom. The summed E-state index contributed by atoms with van der Waals surface area (Å²) in [4.78, 5) is 35.3. The first-order chi connectivity index (χ1) is 15.2. The number of carbonyl (C=O) groups is 3. The molecule has 0 radical (unpaired) electrons. The zero-order chi connectivity index (χ0) is 24.7. The van der Waals surface area contributed by atoms with E-state index in [1.165, 1.54) is 19.1 Å². The maximum Gasteiger partial charge on any atom is 0.303 e. The van der Waals surface area contributed by atoms with Gasteiger partial charge in [-0.05, 0) is 42.4 Å². The van der Waals surface area contributed by atoms with Crippen LogP contribution in [0.15, 0.2) is 23.8 Å². The molecule has 0 amide bonds. The van der Waals surface area contributed by atoms with Gasteiger partial charge < -0.3 is 9.84 Å². The summed E-state index contributed by atoms with van der Waals surface area (Å²) in [5.41, 5.74) is -3.78. The minimum absolute atomic E-state index is 0.164. The first-order valence-corrected chi connectivity index (χ1v) is 12.4. The minimum atomic E-state index is -1.85. The van der Waals surface area contributed by atoms with Crippen LogP contribution in [0.2, 0.25) is 0 Å². The molecule has 0 heterocycles. The standard InChI is InChI=1S/C24H28Cl3FO5/c1-11-7-14-18-19(26)20(28)15-8-13(30)5-6-21(15,3)23(18,27)16(25)9-22(14,4)24(11,32)17(31)10-33-12(2)29/h5-6,8,11,14,16,18-20,32H,7,9-10H2,1-4H3/t11-,14+,16+,18-,19+,20+,21+,22+,23-,24+/m1/s1. The van der Waals surface area contributed by atoms with Crippen LogP contribution in [0.4, 0.5) is 4.39 Å². The fourth-order valence-corrected chi connectivity index (χ4v) is 9.09. The maximum absolute atomic E-state index is 15.8. The van der Waals surface area contributed by atoms with E-state index in [2.05, 4.69) is 0 Å². The summed E-state index contributed by atoms with van der Waals surface area (Å²) in [7, 11) is 0. The van der Waals surface area contributed by atoms with Gasteiger partial charge in [0.05, 0.1) is 15.6 Å². The number of hydrogen-bond donors (Lipinski definition) is 1. The first kappa shape index (κ1) is 25.2. The highest BCUT2D eigenvalue weighted by molar-refractivity contribution is 6.35. The topological polar surface area (TPSA) is 80.7 Å². The number of halogens is 4. The SMILES string of the molecule is CC(=O)OCC(=O)[C@@]1(O)[C@H](C)C[C@H]2[C@@H]3[C@H](Cl)[C@@H](F)C4=CC(=O)C=C[C@]4(C)[C@@]3(Cl)[C@@H](Cl)C[C@@]21C. The van der Waals surface area contributed by atoms with Crippen LogP contribution in [0.3, 0.4) is 0 Å². The lowest BCUT2D eigenvalue weighted by Crippen LogP contribution is -2.71. The molecule has 0 bridgehead atoms. The fraction of sp³-hybridized carbons (Fsp3) is 0.708. The second-order valence-corrected chi connectivity index (χ2v) is 12.1. The van der Waals surface area contributed by atoms with Crippen molar-refractivity contribution < 1.29 is 28.6 Å². The molecule has 182 valence electrons. The van der Waals surface area contributed by atoms with Gasteiger partial charge in [-0.3, -0.25) is 14.4 Å². The van der Waals surface area contributed by atoms with Gasteiger partial charge in [-0.25, -0.2) is 4.39 Å². The predicted octanol–water partition coefficient (Wildman–Crippen LogP) is 4.15. The largest absolute Gasteiger partial charge is 0.458 e. The number of hydrogen-bond acceptors (Lipinski definition) is 5. The molecule has 9 heteroatoms. The van der Waals surface area contributed by atoms with Crippen LogP contribution in [0.5, 0.6) is 0 Å². The molecule has 0 aromatic heterocycles. The molecule has 1 N–H and O–H groups in total. The van der Waals surface area contributed by atoms with Gasteiger partial charge in [0.2, 0.25) is 5.78 Å². The molecule has 0 unspecified atom stereocenters. The summed E-state index contributed by atoms with van der Waals surface area (Å²) in [6.07, 6.45) is 3.14. The molecule has 3 fully saturated rings. The van der Waals surface area contributed by atoms with Crippen molar-refractivity contribution in [3.05, 3.63) is 23.8 Å². The van der Waals surface area contributed by atoms with Crippen molar-refractivity contribution in [2.45, 2.75) is 67.9 Å². The first-order valence-electron chi connectivity index (χ1n) is 11.1. The Balaban J connectivity index is 1.84. The van der Waals surface area contributed by atoms with Crippen LogP contribution in [-0.2, 0) is 19.1 Å². The number of esters is 1. The van der Waals surface area contributed by atoms with E-state index >= 15 is 4.39 Å². The normalized spacial score (nSPS) is 50.7. The van der Waals surface area contributed by atoms with E-state index in [-0.39, 0.29) is 17.8 Å². The van der Waals surface area contributed by atoms with Crippen LogP contribution < -0.4 is 0 Å². The molecular formula is C24H28Cl3FO5. The number of allylic oxidation sites excluding steroid dienone is 4. The molecule has 4 aliphatic carbocycles. The molecule has 0 aromatic carbocycles. The third kappa shape index (κ3) is 3.03. The van der Waals surface area contributed by atoms with Crippen LogP contribution in [0.1, 0.15) is 40.5 Å². The molecule has 0 saturated heterocycles. The number of carbonyl (C=O) groups excluding carboxylic acids is 3. The molecule has 5 nitrogen and oxygen atoms in total. The maximum atomic E-state index is 15.8. The van der Waals surface area contributed by atoms with Crippen molar-refractivity contribution in [2.75, 3.05) is 6.61 Å². The summed E-state index contributed by atoms with van der Waals surface area (Å²) in [6, 6.07) is 0. The summed E-state index contributed by atoms with van der Waals surface area (Å²) in [6.45, 7) is 5.91. The number of fused-ring (bicyclic) bond motifs is 5.